The van der Waals surface area contributed by atoms with E-state index < -0.39 is 28.5 Å². The van der Waals surface area contributed by atoms with Gasteiger partial charge < -0.3 is 10.1 Å². The molecule has 0 aliphatic carbocycles. The van der Waals surface area contributed by atoms with Gasteiger partial charge in [-0.3, -0.25) is 9.10 Å². The quantitative estimate of drug-likeness (QED) is 0.483. The van der Waals surface area contributed by atoms with Crippen LogP contribution in [0, 0.1) is 5.82 Å². The van der Waals surface area contributed by atoms with Gasteiger partial charge in [0.1, 0.15) is 5.82 Å². The van der Waals surface area contributed by atoms with Crippen molar-refractivity contribution >= 4 is 27.6 Å². The van der Waals surface area contributed by atoms with Crippen LogP contribution in [0.3, 0.4) is 0 Å². The molecule has 172 valence electrons. The monoisotopic (exact) mass is 470 g/mol. The summed E-state index contributed by atoms with van der Waals surface area (Å²) >= 11 is 0. The number of rotatable bonds is 9. The van der Waals surface area contributed by atoms with Gasteiger partial charge >= 0.3 is 5.97 Å². The van der Waals surface area contributed by atoms with Gasteiger partial charge in [0.05, 0.1) is 16.1 Å². The van der Waals surface area contributed by atoms with Gasteiger partial charge in [-0.1, -0.05) is 36.4 Å². The van der Waals surface area contributed by atoms with E-state index in [9.17, 15) is 22.4 Å². The van der Waals surface area contributed by atoms with Crippen molar-refractivity contribution in [2.45, 2.75) is 18.4 Å². The van der Waals surface area contributed by atoms with E-state index in [1.54, 1.807) is 37.3 Å². The molecule has 1 amide bonds. The van der Waals surface area contributed by atoms with Gasteiger partial charge in [-0.2, -0.15) is 0 Å². The van der Waals surface area contributed by atoms with Gasteiger partial charge in [-0.15, -0.1) is 0 Å². The first-order valence-electron chi connectivity index (χ1n) is 10.2. The van der Waals surface area contributed by atoms with Crippen LogP contribution in [-0.4, -0.2) is 33.4 Å². The molecule has 0 fully saturated rings. The number of carbonyl (C=O) groups is 2. The van der Waals surface area contributed by atoms with Crippen LogP contribution in [0.1, 0.15) is 22.8 Å². The number of amides is 1. The number of para-hydroxylation sites is 1. The first kappa shape index (κ1) is 23.9. The van der Waals surface area contributed by atoms with Gasteiger partial charge in [-0.25, -0.2) is 17.6 Å². The molecule has 0 saturated carbocycles. The van der Waals surface area contributed by atoms with Crippen molar-refractivity contribution in [3.63, 3.8) is 0 Å². The number of carbonyl (C=O) groups excluding carboxylic acids is 2. The van der Waals surface area contributed by atoms with Gasteiger partial charge in [0.2, 0.25) is 0 Å². The highest BCUT2D eigenvalue weighted by Gasteiger charge is 2.24. The van der Waals surface area contributed by atoms with E-state index in [1.807, 2.05) is 0 Å². The summed E-state index contributed by atoms with van der Waals surface area (Å²) in [7, 11) is -3.91. The Hall–Kier alpha value is -3.72. The average Bonchev–Trinajstić information content (AvgIpc) is 2.83. The molecule has 3 aromatic carbocycles. The number of sulfonamides is 1. The molecule has 0 aliphatic rings. The summed E-state index contributed by atoms with van der Waals surface area (Å²) in [6.45, 7) is 1.53. The molecular formula is C24H23FN2O5S. The Balaban J connectivity index is 1.64. The van der Waals surface area contributed by atoms with Crippen molar-refractivity contribution < 1.29 is 27.1 Å². The second-order valence-electron chi connectivity index (χ2n) is 7.01. The van der Waals surface area contributed by atoms with Crippen LogP contribution in [0.4, 0.5) is 10.1 Å². The van der Waals surface area contributed by atoms with Crippen molar-refractivity contribution in [2.75, 3.05) is 17.5 Å². The Bertz CT molecular complexity index is 1220. The Labute approximate surface area is 191 Å². The number of nitrogens with one attached hydrogen (secondary N) is 1. The molecule has 0 heterocycles. The molecule has 0 bridgehead atoms. The van der Waals surface area contributed by atoms with Crippen LogP contribution < -0.4 is 9.62 Å². The van der Waals surface area contributed by atoms with Gasteiger partial charge in [0, 0.05) is 13.1 Å². The van der Waals surface area contributed by atoms with E-state index in [4.69, 9.17) is 4.74 Å². The fraction of sp³-hybridized carbons (Fsp3) is 0.167. The maximum Gasteiger partial charge on any atom is 0.338 e. The summed E-state index contributed by atoms with van der Waals surface area (Å²) in [5.74, 6) is -1.75. The van der Waals surface area contributed by atoms with Crippen molar-refractivity contribution in [1.29, 1.82) is 0 Å². The zero-order valence-electron chi connectivity index (χ0n) is 17.9. The van der Waals surface area contributed by atoms with E-state index in [0.717, 1.165) is 0 Å². The second-order valence-corrected chi connectivity index (χ2v) is 8.87. The number of nitrogens with zero attached hydrogens (tertiary/aromatic N) is 1. The molecule has 9 heteroatoms. The molecule has 33 heavy (non-hydrogen) atoms. The minimum absolute atomic E-state index is 0.00604. The maximum absolute atomic E-state index is 13.1. The summed E-state index contributed by atoms with van der Waals surface area (Å²) in [5, 5.41) is 2.56. The van der Waals surface area contributed by atoms with Crippen molar-refractivity contribution in [1.82, 2.24) is 5.32 Å². The predicted molar refractivity (Wildman–Crippen MR) is 122 cm³/mol. The number of ether oxygens (including phenoxy) is 1. The molecule has 0 spiro atoms. The third kappa shape index (κ3) is 6.17. The maximum atomic E-state index is 13.1. The lowest BCUT2D eigenvalue weighted by Gasteiger charge is -2.23. The van der Waals surface area contributed by atoms with E-state index >= 15 is 0 Å². The van der Waals surface area contributed by atoms with Crippen LogP contribution in [0.25, 0.3) is 0 Å². The molecule has 0 aliphatic heterocycles. The summed E-state index contributed by atoms with van der Waals surface area (Å²) in [6.07, 6.45) is 0. The molecular weight excluding hydrogens is 447 g/mol. The van der Waals surface area contributed by atoms with E-state index in [-0.39, 0.29) is 29.4 Å². The molecule has 3 rings (SSSR count). The van der Waals surface area contributed by atoms with Crippen LogP contribution >= 0.6 is 0 Å². The largest absolute Gasteiger partial charge is 0.452 e. The number of hydrogen-bond acceptors (Lipinski definition) is 5. The Morgan fingerprint density at radius 2 is 1.67 bits per heavy atom. The van der Waals surface area contributed by atoms with Gasteiger partial charge in [0.15, 0.2) is 6.61 Å². The number of halogens is 1. The van der Waals surface area contributed by atoms with Crippen molar-refractivity contribution in [3.05, 3.63) is 95.8 Å². The lowest BCUT2D eigenvalue weighted by molar-refractivity contribution is -0.124. The number of hydrogen-bond donors (Lipinski definition) is 1. The Morgan fingerprint density at radius 1 is 0.970 bits per heavy atom. The van der Waals surface area contributed by atoms with Crippen LogP contribution in [0.2, 0.25) is 0 Å². The first-order chi connectivity index (χ1) is 15.8. The molecule has 0 saturated heterocycles. The van der Waals surface area contributed by atoms with Crippen LogP contribution in [0.5, 0.6) is 0 Å². The summed E-state index contributed by atoms with van der Waals surface area (Å²) in [6, 6.07) is 19.7. The Morgan fingerprint density at radius 3 is 2.33 bits per heavy atom. The third-order valence-corrected chi connectivity index (χ3v) is 6.63. The normalized spacial score (nSPS) is 11.0. The van der Waals surface area contributed by atoms with E-state index in [0.29, 0.717) is 11.3 Å². The summed E-state index contributed by atoms with van der Waals surface area (Å²) in [4.78, 5) is 24.3. The molecule has 0 atom stereocenters. The zero-order valence-corrected chi connectivity index (χ0v) is 18.7. The van der Waals surface area contributed by atoms with Crippen molar-refractivity contribution in [3.8, 4) is 0 Å². The first-order valence-corrected chi connectivity index (χ1v) is 11.6. The highest BCUT2D eigenvalue weighted by atomic mass is 32.2. The Kier molecular flexibility index (Phi) is 7.78. The topological polar surface area (TPSA) is 92.8 Å². The molecule has 0 radical (unpaired) electrons. The van der Waals surface area contributed by atoms with Gasteiger partial charge in [-0.05, 0) is 55.0 Å². The van der Waals surface area contributed by atoms with E-state index in [1.165, 1.54) is 52.8 Å². The predicted octanol–water partition coefficient (Wildman–Crippen LogP) is 3.51. The SMILES string of the molecule is CCN(c1ccccc1)S(=O)(=O)c1cccc(C(=O)OCC(=O)NCc2ccc(F)cc2)c1. The standard InChI is InChI=1S/C24H23FN2O5S/c1-2-27(21-8-4-3-5-9-21)33(30,31)22-10-6-7-19(15-22)24(29)32-17-23(28)26-16-18-11-13-20(25)14-12-18/h3-15H,2,16-17H2,1H3,(H,26,28). The zero-order chi connectivity index (χ0) is 23.8. The molecule has 0 aromatic heterocycles. The third-order valence-electron chi connectivity index (χ3n) is 4.73. The second kappa shape index (κ2) is 10.7. The smallest absolute Gasteiger partial charge is 0.338 e. The van der Waals surface area contributed by atoms with Crippen LogP contribution in [-0.2, 0) is 26.1 Å². The lowest BCUT2D eigenvalue weighted by Crippen LogP contribution is -2.31. The number of anilines is 1. The van der Waals surface area contributed by atoms with E-state index in [2.05, 4.69) is 5.32 Å². The van der Waals surface area contributed by atoms with Crippen molar-refractivity contribution in [2.24, 2.45) is 0 Å². The fourth-order valence-corrected chi connectivity index (χ4v) is 4.58. The number of benzene rings is 3. The minimum Gasteiger partial charge on any atom is -0.452 e. The lowest BCUT2D eigenvalue weighted by atomic mass is 10.2. The molecule has 1 N–H and O–H groups in total. The highest BCUT2D eigenvalue weighted by molar-refractivity contribution is 7.92. The summed E-state index contributed by atoms with van der Waals surface area (Å²) in [5.41, 5.74) is 1.20. The summed E-state index contributed by atoms with van der Waals surface area (Å²) < 4.78 is 45.4. The van der Waals surface area contributed by atoms with Crippen LogP contribution in [0.15, 0.2) is 83.8 Å². The highest BCUT2D eigenvalue weighted by Crippen LogP contribution is 2.24. The molecule has 3 aromatic rings. The molecule has 0 unspecified atom stereocenters. The molecule has 7 nitrogen and oxygen atoms in total. The number of esters is 1. The fourth-order valence-electron chi connectivity index (χ4n) is 3.06. The minimum atomic E-state index is -3.91. The van der Waals surface area contributed by atoms with Gasteiger partial charge in [0.25, 0.3) is 15.9 Å². The average molecular weight is 471 g/mol.